The van der Waals surface area contributed by atoms with Crippen LogP contribution in [0.1, 0.15) is 6.92 Å². The lowest BCUT2D eigenvalue weighted by molar-refractivity contribution is 0.130. The van der Waals surface area contributed by atoms with Gasteiger partial charge in [-0.15, -0.1) is 0 Å². The number of halogens is 4. The van der Waals surface area contributed by atoms with Gasteiger partial charge in [0, 0.05) is 0 Å². The molecule has 1 aromatic rings. The van der Waals surface area contributed by atoms with Crippen LogP contribution in [0.3, 0.4) is 0 Å². The highest BCUT2D eigenvalue weighted by atomic mass is 35.5. The van der Waals surface area contributed by atoms with Crippen molar-refractivity contribution in [3.8, 4) is 0 Å². The first kappa shape index (κ1) is 11.2. The highest BCUT2D eigenvalue weighted by molar-refractivity contribution is 6.33. The molecule has 1 atom stereocenters. The minimum atomic E-state index is -2.52. The molecule has 1 rings (SSSR count). The van der Waals surface area contributed by atoms with Crippen molar-refractivity contribution in [2.75, 3.05) is 5.32 Å². The Morgan fingerprint density at radius 3 is 2.57 bits per heavy atom. The first-order valence-corrected chi connectivity index (χ1v) is 4.38. The summed E-state index contributed by atoms with van der Waals surface area (Å²) in [5, 5.41) is 2.65. The number of hydrogen-bond acceptors (Lipinski definition) is 1. The van der Waals surface area contributed by atoms with Crippen molar-refractivity contribution in [2.24, 2.45) is 0 Å². The Balaban J connectivity index is 2.80. The molecule has 0 aliphatic carbocycles. The van der Waals surface area contributed by atoms with E-state index >= 15 is 0 Å². The summed E-state index contributed by atoms with van der Waals surface area (Å²) in [6.45, 7) is 1.30. The van der Waals surface area contributed by atoms with Gasteiger partial charge in [0.05, 0.1) is 16.8 Å². The molecular formula is C9H9ClF3N. The van der Waals surface area contributed by atoms with Crippen LogP contribution in [0.2, 0.25) is 5.02 Å². The normalized spacial score (nSPS) is 13.0. The number of anilines is 1. The average Bonchev–Trinajstić information content (AvgIpc) is 2.11. The summed E-state index contributed by atoms with van der Waals surface area (Å²) < 4.78 is 37.0. The monoisotopic (exact) mass is 223 g/mol. The Bertz CT molecular complexity index is 317. The summed E-state index contributed by atoms with van der Waals surface area (Å²) in [5.41, 5.74) is 0.180. The summed E-state index contributed by atoms with van der Waals surface area (Å²) in [6, 6.07) is 2.51. The van der Waals surface area contributed by atoms with Crippen molar-refractivity contribution in [3.05, 3.63) is 29.0 Å². The van der Waals surface area contributed by atoms with Gasteiger partial charge in [-0.2, -0.15) is 0 Å². The summed E-state index contributed by atoms with van der Waals surface area (Å²) >= 11 is 5.67. The van der Waals surface area contributed by atoms with Gasteiger partial charge in [0.15, 0.2) is 0 Å². The molecule has 78 valence electrons. The quantitative estimate of drug-likeness (QED) is 0.827. The van der Waals surface area contributed by atoms with Gasteiger partial charge in [-0.3, -0.25) is 0 Å². The van der Waals surface area contributed by atoms with Gasteiger partial charge in [-0.25, -0.2) is 13.2 Å². The van der Waals surface area contributed by atoms with Crippen LogP contribution in [0.5, 0.6) is 0 Å². The van der Waals surface area contributed by atoms with E-state index in [-0.39, 0.29) is 10.7 Å². The Morgan fingerprint density at radius 1 is 1.36 bits per heavy atom. The van der Waals surface area contributed by atoms with Crippen LogP contribution in [0, 0.1) is 5.82 Å². The molecule has 0 amide bonds. The summed E-state index contributed by atoms with van der Waals surface area (Å²) in [7, 11) is 0. The van der Waals surface area contributed by atoms with E-state index in [4.69, 9.17) is 11.6 Å². The molecule has 0 saturated carbocycles. The second kappa shape index (κ2) is 4.55. The highest BCUT2D eigenvalue weighted by Gasteiger charge is 2.15. The fraction of sp³-hybridized carbons (Fsp3) is 0.333. The van der Waals surface area contributed by atoms with Gasteiger partial charge >= 0.3 is 0 Å². The maximum Gasteiger partial charge on any atom is 0.258 e. The lowest BCUT2D eigenvalue weighted by atomic mass is 10.2. The predicted octanol–water partition coefficient (Wildman–Crippen LogP) is 3.54. The van der Waals surface area contributed by atoms with E-state index in [1.165, 1.54) is 19.1 Å². The zero-order valence-electron chi connectivity index (χ0n) is 7.40. The van der Waals surface area contributed by atoms with E-state index in [0.29, 0.717) is 0 Å². The molecule has 0 spiro atoms. The summed E-state index contributed by atoms with van der Waals surface area (Å²) in [6.07, 6.45) is -2.52. The third-order valence-corrected chi connectivity index (χ3v) is 2.02. The molecule has 1 unspecified atom stereocenters. The lowest BCUT2D eigenvalue weighted by Gasteiger charge is -2.15. The first-order chi connectivity index (χ1) is 6.50. The number of rotatable bonds is 3. The van der Waals surface area contributed by atoms with E-state index in [2.05, 4.69) is 5.32 Å². The molecule has 0 radical (unpaired) electrons. The smallest absolute Gasteiger partial charge is 0.258 e. The molecule has 1 nitrogen and oxygen atoms in total. The van der Waals surface area contributed by atoms with Gasteiger partial charge in [-0.1, -0.05) is 11.6 Å². The van der Waals surface area contributed by atoms with E-state index in [9.17, 15) is 13.2 Å². The minimum absolute atomic E-state index is 0.180. The van der Waals surface area contributed by atoms with Crippen LogP contribution in [0.4, 0.5) is 18.9 Å². The van der Waals surface area contributed by atoms with Gasteiger partial charge in [0.25, 0.3) is 6.43 Å². The van der Waals surface area contributed by atoms with Crippen molar-refractivity contribution in [1.29, 1.82) is 0 Å². The Kier molecular flexibility index (Phi) is 3.63. The predicted molar refractivity (Wildman–Crippen MR) is 50.5 cm³/mol. The van der Waals surface area contributed by atoms with Gasteiger partial charge < -0.3 is 5.32 Å². The SMILES string of the molecule is CC(Nc1cc(F)ccc1Cl)C(F)F. The van der Waals surface area contributed by atoms with Gasteiger partial charge in [-0.05, 0) is 25.1 Å². The van der Waals surface area contributed by atoms with Crippen molar-refractivity contribution >= 4 is 17.3 Å². The molecule has 0 fully saturated rings. The fourth-order valence-corrected chi connectivity index (χ4v) is 1.09. The van der Waals surface area contributed by atoms with Crippen LogP contribution in [-0.2, 0) is 0 Å². The number of hydrogen-bond donors (Lipinski definition) is 1. The Labute approximate surface area is 84.9 Å². The molecule has 0 bridgehead atoms. The molecule has 1 N–H and O–H groups in total. The van der Waals surface area contributed by atoms with Crippen molar-refractivity contribution in [1.82, 2.24) is 0 Å². The Hall–Kier alpha value is -0.900. The molecule has 14 heavy (non-hydrogen) atoms. The summed E-state index contributed by atoms with van der Waals surface area (Å²) in [5.74, 6) is -0.515. The van der Waals surface area contributed by atoms with Crippen LogP contribution >= 0.6 is 11.6 Å². The first-order valence-electron chi connectivity index (χ1n) is 4.00. The van der Waals surface area contributed by atoms with Crippen LogP contribution < -0.4 is 5.32 Å². The topological polar surface area (TPSA) is 12.0 Å². The molecular weight excluding hydrogens is 215 g/mol. The molecule has 0 aliphatic heterocycles. The van der Waals surface area contributed by atoms with Gasteiger partial charge in [0.2, 0.25) is 0 Å². The maximum absolute atomic E-state index is 12.7. The zero-order chi connectivity index (χ0) is 10.7. The third-order valence-electron chi connectivity index (χ3n) is 1.69. The lowest BCUT2D eigenvalue weighted by Crippen LogP contribution is -2.23. The van der Waals surface area contributed by atoms with Crippen LogP contribution in [-0.4, -0.2) is 12.5 Å². The molecule has 0 saturated heterocycles. The van der Waals surface area contributed by atoms with Gasteiger partial charge in [0.1, 0.15) is 5.82 Å². The third kappa shape index (κ3) is 2.80. The minimum Gasteiger partial charge on any atom is -0.376 e. The largest absolute Gasteiger partial charge is 0.376 e. The fourth-order valence-electron chi connectivity index (χ4n) is 0.916. The van der Waals surface area contributed by atoms with Crippen LogP contribution in [0.15, 0.2) is 18.2 Å². The Morgan fingerprint density at radius 2 is 2.00 bits per heavy atom. The maximum atomic E-state index is 12.7. The van der Waals surface area contributed by atoms with E-state index in [0.717, 1.165) is 6.07 Å². The summed E-state index contributed by atoms with van der Waals surface area (Å²) in [4.78, 5) is 0. The highest BCUT2D eigenvalue weighted by Crippen LogP contribution is 2.23. The van der Waals surface area contributed by atoms with E-state index in [1.807, 2.05) is 0 Å². The number of nitrogens with one attached hydrogen (secondary N) is 1. The zero-order valence-corrected chi connectivity index (χ0v) is 8.15. The molecule has 1 aromatic carbocycles. The molecule has 5 heteroatoms. The second-order valence-electron chi connectivity index (χ2n) is 2.89. The van der Waals surface area contributed by atoms with Crippen molar-refractivity contribution in [2.45, 2.75) is 19.4 Å². The van der Waals surface area contributed by atoms with E-state index < -0.39 is 18.3 Å². The van der Waals surface area contributed by atoms with E-state index in [1.54, 1.807) is 0 Å². The average molecular weight is 224 g/mol. The van der Waals surface area contributed by atoms with Crippen molar-refractivity contribution < 1.29 is 13.2 Å². The molecule has 0 aromatic heterocycles. The van der Waals surface area contributed by atoms with Crippen LogP contribution in [0.25, 0.3) is 0 Å². The second-order valence-corrected chi connectivity index (χ2v) is 3.30. The molecule has 0 aliphatic rings. The number of alkyl halides is 2. The number of benzene rings is 1. The van der Waals surface area contributed by atoms with Crippen molar-refractivity contribution in [3.63, 3.8) is 0 Å². The standard InChI is InChI=1S/C9H9ClF3N/c1-5(9(12)13)14-8-4-6(11)2-3-7(8)10/h2-5,9,14H,1H3. The molecule has 0 heterocycles.